The van der Waals surface area contributed by atoms with Crippen molar-refractivity contribution >= 4 is 21.6 Å². The quantitative estimate of drug-likeness (QED) is 0.471. The number of benzene rings is 3. The first kappa shape index (κ1) is 25.0. The topological polar surface area (TPSA) is 66.5 Å². The summed E-state index contributed by atoms with van der Waals surface area (Å²) in [6.45, 7) is 8.74. The molecule has 0 saturated carbocycles. The molecule has 1 heterocycles. The van der Waals surface area contributed by atoms with E-state index < -0.39 is 10.0 Å². The summed E-state index contributed by atoms with van der Waals surface area (Å²) >= 11 is 0. The molecule has 1 N–H and O–H groups in total. The number of carbonyl (C=O) groups excluding carboxylic acids is 1. The molecule has 0 spiro atoms. The maximum absolute atomic E-state index is 13.3. The SMILES string of the molecule is Cc1cc(C)c([C@H](C)NC(=O)CCc2ccc(S(=O)(=O)N3CCCc4ccccc43)cc2)cc1C. The van der Waals surface area contributed by atoms with Crippen LogP contribution in [0, 0.1) is 20.8 Å². The number of carbonyl (C=O) groups is 1. The third kappa shape index (κ3) is 5.43. The lowest BCUT2D eigenvalue weighted by Gasteiger charge is -2.30. The Kier molecular flexibility index (Phi) is 7.31. The van der Waals surface area contributed by atoms with Gasteiger partial charge in [0.25, 0.3) is 10.0 Å². The first-order valence-electron chi connectivity index (χ1n) is 12.2. The standard InChI is InChI=1S/C29H34N2O3S/c1-20-18-22(3)27(19-21(20)2)23(4)30-29(32)16-13-24-11-14-26(15-12-24)35(33,34)31-17-7-9-25-8-5-6-10-28(25)31/h5-6,8,10-12,14-15,18-19,23H,7,9,13,16-17H2,1-4H3,(H,30,32)/t23-/m0/s1. The van der Waals surface area contributed by atoms with E-state index in [1.165, 1.54) is 21.0 Å². The van der Waals surface area contributed by atoms with Gasteiger partial charge in [0.1, 0.15) is 0 Å². The molecule has 0 saturated heterocycles. The van der Waals surface area contributed by atoms with Gasteiger partial charge in [0.2, 0.25) is 5.91 Å². The number of hydrogen-bond acceptors (Lipinski definition) is 3. The highest BCUT2D eigenvalue weighted by Gasteiger charge is 2.28. The average molecular weight is 491 g/mol. The zero-order valence-corrected chi connectivity index (χ0v) is 21.8. The summed E-state index contributed by atoms with van der Waals surface area (Å²) < 4.78 is 28.2. The number of rotatable bonds is 7. The molecule has 0 bridgehead atoms. The maximum Gasteiger partial charge on any atom is 0.264 e. The Bertz CT molecular complexity index is 1330. The van der Waals surface area contributed by atoms with E-state index in [-0.39, 0.29) is 16.8 Å². The Morgan fingerprint density at radius 3 is 2.40 bits per heavy atom. The molecule has 1 aliphatic rings. The second-order valence-electron chi connectivity index (χ2n) is 9.54. The highest BCUT2D eigenvalue weighted by atomic mass is 32.2. The molecule has 184 valence electrons. The largest absolute Gasteiger partial charge is 0.350 e. The molecule has 1 atom stereocenters. The van der Waals surface area contributed by atoms with Crippen LogP contribution in [-0.4, -0.2) is 20.9 Å². The predicted octanol–water partition coefficient (Wildman–Crippen LogP) is 5.56. The van der Waals surface area contributed by atoms with Gasteiger partial charge in [0.05, 0.1) is 16.6 Å². The van der Waals surface area contributed by atoms with E-state index >= 15 is 0 Å². The summed E-state index contributed by atoms with van der Waals surface area (Å²) in [5, 5.41) is 3.10. The molecule has 6 heteroatoms. The second-order valence-corrected chi connectivity index (χ2v) is 11.4. The van der Waals surface area contributed by atoms with Crippen molar-refractivity contribution in [3.63, 3.8) is 0 Å². The number of fused-ring (bicyclic) bond motifs is 1. The van der Waals surface area contributed by atoms with E-state index in [2.05, 4.69) is 38.2 Å². The fourth-order valence-electron chi connectivity index (χ4n) is 4.80. The minimum atomic E-state index is -3.63. The van der Waals surface area contributed by atoms with E-state index in [1.54, 1.807) is 12.1 Å². The highest BCUT2D eigenvalue weighted by molar-refractivity contribution is 7.92. The molecule has 0 aromatic heterocycles. The van der Waals surface area contributed by atoms with Crippen LogP contribution in [0.3, 0.4) is 0 Å². The van der Waals surface area contributed by atoms with Gasteiger partial charge in [-0.25, -0.2) is 8.42 Å². The Morgan fingerprint density at radius 2 is 1.66 bits per heavy atom. The van der Waals surface area contributed by atoms with Crippen molar-refractivity contribution < 1.29 is 13.2 Å². The van der Waals surface area contributed by atoms with Crippen LogP contribution >= 0.6 is 0 Å². The lowest BCUT2D eigenvalue weighted by Crippen LogP contribution is -2.35. The Hall–Kier alpha value is -3.12. The van der Waals surface area contributed by atoms with Gasteiger partial charge in [0.15, 0.2) is 0 Å². The van der Waals surface area contributed by atoms with Gasteiger partial charge in [-0.05, 0) is 98.5 Å². The van der Waals surface area contributed by atoms with E-state index in [1.807, 2.05) is 43.3 Å². The molecule has 1 amide bonds. The van der Waals surface area contributed by atoms with Crippen LogP contribution in [0.1, 0.15) is 59.2 Å². The van der Waals surface area contributed by atoms with Crippen molar-refractivity contribution in [2.75, 3.05) is 10.8 Å². The molecule has 0 unspecified atom stereocenters. The number of sulfonamides is 1. The maximum atomic E-state index is 13.3. The summed E-state index contributed by atoms with van der Waals surface area (Å²) in [6, 6.07) is 18.9. The predicted molar refractivity (Wildman–Crippen MR) is 141 cm³/mol. The van der Waals surface area contributed by atoms with Crippen LogP contribution in [0.5, 0.6) is 0 Å². The number of aryl methyl sites for hydroxylation is 5. The van der Waals surface area contributed by atoms with E-state index in [0.717, 1.165) is 35.2 Å². The molecule has 35 heavy (non-hydrogen) atoms. The number of para-hydroxylation sites is 1. The van der Waals surface area contributed by atoms with Gasteiger partial charge in [-0.1, -0.05) is 42.5 Å². The number of hydrogen-bond donors (Lipinski definition) is 1. The van der Waals surface area contributed by atoms with Gasteiger partial charge >= 0.3 is 0 Å². The normalized spacial score (nSPS) is 14.3. The van der Waals surface area contributed by atoms with E-state index in [9.17, 15) is 13.2 Å². The number of nitrogens with zero attached hydrogens (tertiary/aromatic N) is 1. The van der Waals surface area contributed by atoms with Crippen molar-refractivity contribution in [2.24, 2.45) is 0 Å². The summed E-state index contributed by atoms with van der Waals surface area (Å²) in [5.74, 6) is -0.0169. The van der Waals surface area contributed by atoms with Gasteiger partial charge in [-0.15, -0.1) is 0 Å². The van der Waals surface area contributed by atoms with Crippen LogP contribution in [0.4, 0.5) is 5.69 Å². The first-order chi connectivity index (χ1) is 16.7. The Labute approximate surface area is 209 Å². The van der Waals surface area contributed by atoms with Gasteiger partial charge < -0.3 is 5.32 Å². The molecule has 3 aromatic rings. The minimum absolute atomic E-state index is 0.0169. The van der Waals surface area contributed by atoms with Crippen LogP contribution < -0.4 is 9.62 Å². The molecular formula is C29H34N2O3S. The van der Waals surface area contributed by atoms with Crippen LogP contribution in [0.25, 0.3) is 0 Å². The lowest BCUT2D eigenvalue weighted by molar-refractivity contribution is -0.121. The van der Waals surface area contributed by atoms with Crippen LogP contribution in [0.15, 0.2) is 65.6 Å². The van der Waals surface area contributed by atoms with Crippen molar-refractivity contribution in [3.05, 3.63) is 94.0 Å². The monoisotopic (exact) mass is 490 g/mol. The third-order valence-corrected chi connectivity index (χ3v) is 8.77. The van der Waals surface area contributed by atoms with Crippen molar-refractivity contribution in [1.29, 1.82) is 0 Å². The van der Waals surface area contributed by atoms with Crippen molar-refractivity contribution in [1.82, 2.24) is 5.32 Å². The molecule has 0 radical (unpaired) electrons. The zero-order chi connectivity index (χ0) is 25.2. The van der Waals surface area contributed by atoms with E-state index in [0.29, 0.717) is 19.4 Å². The summed E-state index contributed by atoms with van der Waals surface area (Å²) in [6.07, 6.45) is 2.60. The highest BCUT2D eigenvalue weighted by Crippen LogP contribution is 2.32. The molecule has 0 aliphatic carbocycles. The Morgan fingerprint density at radius 1 is 0.971 bits per heavy atom. The van der Waals surface area contributed by atoms with Crippen LogP contribution in [0.2, 0.25) is 0 Å². The third-order valence-electron chi connectivity index (χ3n) is 6.95. The Balaban J connectivity index is 1.38. The van der Waals surface area contributed by atoms with Crippen molar-refractivity contribution in [3.8, 4) is 0 Å². The fraction of sp³-hybridized carbons (Fsp3) is 0.345. The zero-order valence-electron chi connectivity index (χ0n) is 21.0. The van der Waals surface area contributed by atoms with Crippen LogP contribution in [-0.2, 0) is 27.7 Å². The summed E-state index contributed by atoms with van der Waals surface area (Å²) in [7, 11) is -3.63. The average Bonchev–Trinajstić information content (AvgIpc) is 2.84. The molecule has 1 aliphatic heterocycles. The van der Waals surface area contributed by atoms with Gasteiger partial charge in [-0.3, -0.25) is 9.10 Å². The minimum Gasteiger partial charge on any atom is -0.350 e. The molecular weight excluding hydrogens is 456 g/mol. The summed E-state index contributed by atoms with van der Waals surface area (Å²) in [5.41, 5.74) is 7.55. The van der Waals surface area contributed by atoms with Gasteiger partial charge in [-0.2, -0.15) is 0 Å². The van der Waals surface area contributed by atoms with E-state index in [4.69, 9.17) is 0 Å². The second kappa shape index (κ2) is 10.2. The number of anilines is 1. The smallest absolute Gasteiger partial charge is 0.264 e. The molecule has 0 fully saturated rings. The first-order valence-corrected chi connectivity index (χ1v) is 13.7. The fourth-order valence-corrected chi connectivity index (χ4v) is 6.34. The number of amides is 1. The lowest BCUT2D eigenvalue weighted by atomic mass is 9.96. The molecule has 3 aromatic carbocycles. The van der Waals surface area contributed by atoms with Crippen molar-refractivity contribution in [2.45, 2.75) is 64.3 Å². The number of nitrogens with one attached hydrogen (secondary N) is 1. The molecule has 4 rings (SSSR count). The molecule has 5 nitrogen and oxygen atoms in total. The summed E-state index contributed by atoms with van der Waals surface area (Å²) in [4.78, 5) is 12.9. The van der Waals surface area contributed by atoms with Gasteiger partial charge in [0, 0.05) is 13.0 Å².